The van der Waals surface area contributed by atoms with Crippen molar-refractivity contribution in [2.24, 2.45) is 0 Å². The molecule has 2 atom stereocenters. The number of rotatable bonds is 7. The Labute approximate surface area is 197 Å². The zero-order valence-electron chi connectivity index (χ0n) is 19.1. The average Bonchev–Trinajstić information content (AvgIpc) is 3.33. The van der Waals surface area contributed by atoms with Crippen molar-refractivity contribution in [3.63, 3.8) is 0 Å². The lowest BCUT2D eigenvalue weighted by Crippen LogP contribution is -2.52. The minimum atomic E-state index is -1.35. The molecule has 4 rings (SSSR count). The number of benzene rings is 2. The Morgan fingerprint density at radius 3 is 2.24 bits per heavy atom. The van der Waals surface area contributed by atoms with Crippen LogP contribution < -0.4 is 5.32 Å². The van der Waals surface area contributed by atoms with Gasteiger partial charge in [0.15, 0.2) is 0 Å². The molecule has 1 heterocycles. The summed E-state index contributed by atoms with van der Waals surface area (Å²) < 4.78 is 5.46. The molecule has 1 fully saturated rings. The number of nitrogens with one attached hydrogen (secondary N) is 1. The smallest absolute Gasteiger partial charge is 0.407 e. The topological polar surface area (TPSA) is 116 Å². The molecule has 2 N–H and O–H groups in total. The molecule has 0 bridgehead atoms. The van der Waals surface area contributed by atoms with Crippen LogP contribution in [-0.4, -0.2) is 78.1 Å². The van der Waals surface area contributed by atoms with Crippen molar-refractivity contribution in [3.05, 3.63) is 59.7 Å². The van der Waals surface area contributed by atoms with Crippen LogP contribution in [0.25, 0.3) is 11.1 Å². The monoisotopic (exact) mass is 465 g/mol. The highest BCUT2D eigenvalue weighted by molar-refractivity contribution is 5.93. The molecule has 34 heavy (non-hydrogen) atoms. The summed E-state index contributed by atoms with van der Waals surface area (Å²) in [5.41, 5.74) is 4.24. The highest BCUT2D eigenvalue weighted by atomic mass is 16.5. The third-order valence-electron chi connectivity index (χ3n) is 6.53. The van der Waals surface area contributed by atoms with E-state index in [0.717, 1.165) is 22.3 Å². The number of alkyl carbamates (subject to hydrolysis) is 1. The van der Waals surface area contributed by atoms with E-state index in [9.17, 15) is 24.3 Å². The van der Waals surface area contributed by atoms with Gasteiger partial charge in [0, 0.05) is 26.6 Å². The second-order valence-corrected chi connectivity index (χ2v) is 8.63. The van der Waals surface area contributed by atoms with E-state index >= 15 is 0 Å². The first-order chi connectivity index (χ1) is 16.3. The van der Waals surface area contributed by atoms with Crippen LogP contribution >= 0.6 is 0 Å². The molecule has 2 aliphatic rings. The van der Waals surface area contributed by atoms with Gasteiger partial charge in [0.25, 0.3) is 0 Å². The van der Waals surface area contributed by atoms with Gasteiger partial charge in [0.2, 0.25) is 11.8 Å². The van der Waals surface area contributed by atoms with Crippen LogP contribution in [0.15, 0.2) is 48.5 Å². The molecule has 0 radical (unpaired) electrons. The van der Waals surface area contributed by atoms with Crippen LogP contribution in [0.4, 0.5) is 4.79 Å². The van der Waals surface area contributed by atoms with Crippen molar-refractivity contribution in [2.45, 2.75) is 30.8 Å². The number of aliphatic carboxylic acids is 1. The van der Waals surface area contributed by atoms with E-state index in [1.165, 1.54) is 16.8 Å². The average molecular weight is 466 g/mol. The third-order valence-corrected chi connectivity index (χ3v) is 6.53. The molecule has 0 aromatic heterocycles. The zero-order chi connectivity index (χ0) is 24.4. The quantitative estimate of drug-likeness (QED) is 0.647. The van der Waals surface area contributed by atoms with Gasteiger partial charge in [0.05, 0.1) is 6.42 Å². The molecule has 178 valence electrons. The summed E-state index contributed by atoms with van der Waals surface area (Å²) in [6.07, 6.45) is -1.06. The van der Waals surface area contributed by atoms with Crippen molar-refractivity contribution >= 4 is 23.9 Å². The number of nitrogens with zero attached hydrogens (tertiary/aromatic N) is 2. The molecular formula is C25H27N3O6. The first-order valence-electron chi connectivity index (χ1n) is 11.1. The molecule has 0 saturated carbocycles. The number of hydrogen-bond acceptors (Lipinski definition) is 5. The van der Waals surface area contributed by atoms with Crippen molar-refractivity contribution < 1.29 is 29.0 Å². The van der Waals surface area contributed by atoms with Gasteiger partial charge in [-0.15, -0.1) is 0 Å². The molecule has 9 heteroatoms. The Hall–Kier alpha value is -3.88. The molecular weight excluding hydrogens is 438 g/mol. The van der Waals surface area contributed by atoms with E-state index in [0.29, 0.717) is 13.0 Å². The second kappa shape index (κ2) is 9.54. The van der Waals surface area contributed by atoms with E-state index in [4.69, 9.17) is 4.74 Å². The van der Waals surface area contributed by atoms with Crippen LogP contribution in [0.1, 0.15) is 29.9 Å². The van der Waals surface area contributed by atoms with Gasteiger partial charge in [-0.3, -0.25) is 14.4 Å². The van der Waals surface area contributed by atoms with E-state index < -0.39 is 36.5 Å². The van der Waals surface area contributed by atoms with Crippen LogP contribution in [0.5, 0.6) is 0 Å². The number of likely N-dealkylation sites (tertiary alicyclic amines) is 1. The SMILES string of the molecule is CN1CCC(N(C)C(=O)C(CC(=O)O)NC(=O)OCC2c3ccccc3-c3ccccc32)C1=O. The molecule has 3 amide bonds. The van der Waals surface area contributed by atoms with Crippen molar-refractivity contribution in [3.8, 4) is 11.1 Å². The molecule has 2 aromatic carbocycles. The fraction of sp³-hybridized carbons (Fsp3) is 0.360. The summed E-state index contributed by atoms with van der Waals surface area (Å²) in [5.74, 6) is -2.28. The van der Waals surface area contributed by atoms with Crippen LogP contribution in [0.2, 0.25) is 0 Å². The maximum Gasteiger partial charge on any atom is 0.407 e. The Bertz CT molecular complexity index is 1090. The minimum absolute atomic E-state index is 0.0373. The number of carbonyl (C=O) groups excluding carboxylic acids is 3. The molecule has 1 aliphatic carbocycles. The summed E-state index contributed by atoms with van der Waals surface area (Å²) in [6.45, 7) is 0.542. The maximum atomic E-state index is 13.0. The van der Waals surface area contributed by atoms with Gasteiger partial charge in [-0.2, -0.15) is 0 Å². The van der Waals surface area contributed by atoms with Gasteiger partial charge in [-0.05, 0) is 28.7 Å². The van der Waals surface area contributed by atoms with Crippen molar-refractivity contribution in [2.75, 3.05) is 27.2 Å². The summed E-state index contributed by atoms with van der Waals surface area (Å²) in [6, 6.07) is 13.8. The molecule has 2 aromatic rings. The normalized spacial score (nSPS) is 17.6. The highest BCUT2D eigenvalue weighted by Crippen LogP contribution is 2.44. The van der Waals surface area contributed by atoms with Crippen molar-refractivity contribution in [1.82, 2.24) is 15.1 Å². The Balaban J connectivity index is 1.43. The summed E-state index contributed by atoms with van der Waals surface area (Å²) in [7, 11) is 3.09. The number of carboxylic acids is 1. The Morgan fingerprint density at radius 1 is 1.12 bits per heavy atom. The summed E-state index contributed by atoms with van der Waals surface area (Å²) >= 11 is 0. The largest absolute Gasteiger partial charge is 0.481 e. The Kier molecular flexibility index (Phi) is 6.54. The lowest BCUT2D eigenvalue weighted by atomic mass is 9.98. The molecule has 1 saturated heterocycles. The molecule has 0 spiro atoms. The van der Waals surface area contributed by atoms with E-state index in [-0.39, 0.29) is 18.4 Å². The highest BCUT2D eigenvalue weighted by Gasteiger charge is 2.38. The van der Waals surface area contributed by atoms with E-state index in [1.54, 1.807) is 7.05 Å². The fourth-order valence-electron chi connectivity index (χ4n) is 4.72. The zero-order valence-corrected chi connectivity index (χ0v) is 19.1. The van der Waals surface area contributed by atoms with Crippen molar-refractivity contribution in [1.29, 1.82) is 0 Å². The second-order valence-electron chi connectivity index (χ2n) is 8.63. The maximum absolute atomic E-state index is 13.0. The van der Waals surface area contributed by atoms with Gasteiger partial charge in [-0.1, -0.05) is 48.5 Å². The number of carbonyl (C=O) groups is 4. The number of likely N-dealkylation sites (N-methyl/N-ethyl adjacent to an activating group) is 2. The number of amides is 3. The summed E-state index contributed by atoms with van der Waals surface area (Å²) in [4.78, 5) is 51.9. The van der Waals surface area contributed by atoms with Crippen LogP contribution in [-0.2, 0) is 19.1 Å². The van der Waals surface area contributed by atoms with Gasteiger partial charge in [0.1, 0.15) is 18.7 Å². The third kappa shape index (κ3) is 4.46. The number of carboxylic acid groups (broad SMARTS) is 1. The minimum Gasteiger partial charge on any atom is -0.481 e. The van der Waals surface area contributed by atoms with E-state index in [1.807, 2.05) is 48.5 Å². The predicted octanol–water partition coefficient (Wildman–Crippen LogP) is 2.06. The van der Waals surface area contributed by atoms with Gasteiger partial charge in [-0.25, -0.2) is 4.79 Å². The fourth-order valence-corrected chi connectivity index (χ4v) is 4.72. The Morgan fingerprint density at radius 2 is 1.71 bits per heavy atom. The van der Waals surface area contributed by atoms with Crippen LogP contribution in [0, 0.1) is 0 Å². The number of hydrogen-bond donors (Lipinski definition) is 2. The van der Waals surface area contributed by atoms with Gasteiger partial charge < -0.3 is 25.0 Å². The first kappa shape index (κ1) is 23.3. The predicted molar refractivity (Wildman–Crippen MR) is 123 cm³/mol. The van der Waals surface area contributed by atoms with E-state index in [2.05, 4.69) is 5.32 Å². The van der Waals surface area contributed by atoms with Crippen LogP contribution in [0.3, 0.4) is 0 Å². The van der Waals surface area contributed by atoms with Gasteiger partial charge >= 0.3 is 12.1 Å². The molecule has 1 aliphatic heterocycles. The molecule has 2 unspecified atom stereocenters. The standard InChI is InChI=1S/C25H27N3O6/c1-27-12-11-21(24(27)32)28(2)23(31)20(13-22(29)30)26-25(33)34-14-19-17-9-5-3-7-15(17)16-8-4-6-10-18(16)19/h3-10,19-21H,11-14H2,1-2H3,(H,26,33)(H,29,30). The lowest BCUT2D eigenvalue weighted by Gasteiger charge is -2.27. The first-order valence-corrected chi connectivity index (χ1v) is 11.1. The lowest BCUT2D eigenvalue weighted by molar-refractivity contribution is -0.145. The molecule has 9 nitrogen and oxygen atoms in total. The number of ether oxygens (including phenoxy) is 1. The number of fused-ring (bicyclic) bond motifs is 3. The summed E-state index contributed by atoms with van der Waals surface area (Å²) in [5, 5.41) is 11.7.